The Labute approximate surface area is 188 Å². The number of carbonyl (C=O) groups is 2. The molecule has 4 aromatic rings. The number of fused-ring (bicyclic) bond motifs is 3. The first kappa shape index (κ1) is 22.1. The van der Waals surface area contributed by atoms with E-state index in [4.69, 9.17) is 11.5 Å². The van der Waals surface area contributed by atoms with Crippen LogP contribution in [0.25, 0.3) is 16.6 Å². The summed E-state index contributed by atoms with van der Waals surface area (Å²) < 4.78 is 15.4. The molecule has 10 nitrogen and oxygen atoms in total. The second kappa shape index (κ2) is 8.77. The summed E-state index contributed by atoms with van der Waals surface area (Å²) in [6.45, 7) is 2.21. The standard InChI is InChI=1S/C22H23FN8O2/c1-12-10-13(23)11-15-17(12)28-22(25)31-20(15)27-16(29-31)7-3-4-9-30(2)21(33)18-14(19(24)32)6-5-8-26-18/h5-6,8,10-11H,3-4,7,9H2,1-2H3,(H2,24,32)(H2,25,28). The van der Waals surface area contributed by atoms with Crippen molar-refractivity contribution in [1.82, 2.24) is 29.5 Å². The van der Waals surface area contributed by atoms with Crippen LogP contribution >= 0.6 is 0 Å². The second-order valence-corrected chi connectivity index (χ2v) is 7.80. The van der Waals surface area contributed by atoms with Gasteiger partial charge in [-0.1, -0.05) is 0 Å². The van der Waals surface area contributed by atoms with Crippen LogP contribution in [0, 0.1) is 12.7 Å². The first-order valence-electron chi connectivity index (χ1n) is 10.4. The van der Waals surface area contributed by atoms with Gasteiger partial charge < -0.3 is 16.4 Å². The Bertz CT molecular complexity index is 1380. The topological polar surface area (TPSA) is 145 Å². The summed E-state index contributed by atoms with van der Waals surface area (Å²) in [7, 11) is 1.64. The lowest BCUT2D eigenvalue weighted by Crippen LogP contribution is -2.31. The minimum atomic E-state index is -0.700. The quantitative estimate of drug-likeness (QED) is 0.409. The normalized spacial score (nSPS) is 11.2. The molecule has 11 heteroatoms. The monoisotopic (exact) mass is 450 g/mol. The van der Waals surface area contributed by atoms with Crippen LogP contribution in [0.1, 0.15) is 45.1 Å². The van der Waals surface area contributed by atoms with Gasteiger partial charge in [0.1, 0.15) is 11.5 Å². The number of carbonyl (C=O) groups excluding carboxylic acids is 2. The molecule has 3 heterocycles. The van der Waals surface area contributed by atoms with Gasteiger partial charge in [0.15, 0.2) is 11.5 Å². The Morgan fingerprint density at radius 3 is 2.76 bits per heavy atom. The van der Waals surface area contributed by atoms with E-state index in [0.717, 1.165) is 0 Å². The van der Waals surface area contributed by atoms with Crippen molar-refractivity contribution in [3.63, 3.8) is 0 Å². The van der Waals surface area contributed by atoms with E-state index in [0.29, 0.717) is 53.7 Å². The molecule has 3 aromatic heterocycles. The van der Waals surface area contributed by atoms with Crippen LogP contribution in [-0.4, -0.2) is 54.9 Å². The van der Waals surface area contributed by atoms with E-state index in [2.05, 4.69) is 20.1 Å². The Kier molecular flexibility index (Phi) is 5.86. The second-order valence-electron chi connectivity index (χ2n) is 7.80. The number of nitrogens with zero attached hydrogens (tertiary/aromatic N) is 6. The molecular weight excluding hydrogens is 427 g/mol. The fraction of sp³-hybridized carbons (Fsp3) is 0.273. The van der Waals surface area contributed by atoms with Gasteiger partial charge in [0, 0.05) is 31.6 Å². The molecule has 0 radical (unpaired) electrons. The Morgan fingerprint density at radius 1 is 1.21 bits per heavy atom. The molecule has 0 bridgehead atoms. The van der Waals surface area contributed by atoms with Crippen molar-refractivity contribution in [1.29, 1.82) is 0 Å². The highest BCUT2D eigenvalue weighted by atomic mass is 19.1. The van der Waals surface area contributed by atoms with Crippen molar-refractivity contribution in [3.8, 4) is 0 Å². The Balaban J connectivity index is 1.43. The number of unbranched alkanes of at least 4 members (excludes halogenated alkanes) is 1. The fourth-order valence-corrected chi connectivity index (χ4v) is 3.70. The summed E-state index contributed by atoms with van der Waals surface area (Å²) in [4.78, 5) is 38.6. The molecule has 0 saturated carbocycles. The molecule has 0 spiro atoms. The number of rotatable bonds is 7. The molecule has 1 aromatic carbocycles. The maximum Gasteiger partial charge on any atom is 0.273 e. The number of primary amides is 1. The number of halogens is 1. The number of anilines is 1. The van der Waals surface area contributed by atoms with Crippen LogP contribution in [0.15, 0.2) is 30.5 Å². The Morgan fingerprint density at radius 2 is 2.00 bits per heavy atom. The molecule has 2 amide bonds. The molecule has 0 aliphatic rings. The van der Waals surface area contributed by atoms with Crippen LogP contribution in [0.4, 0.5) is 10.3 Å². The van der Waals surface area contributed by atoms with E-state index in [1.54, 1.807) is 20.0 Å². The lowest BCUT2D eigenvalue weighted by Gasteiger charge is -2.17. The van der Waals surface area contributed by atoms with Crippen molar-refractivity contribution in [2.24, 2.45) is 5.73 Å². The number of benzene rings is 1. The van der Waals surface area contributed by atoms with Crippen molar-refractivity contribution in [3.05, 3.63) is 58.9 Å². The summed E-state index contributed by atoms with van der Waals surface area (Å²) in [5.74, 6) is -0.727. The maximum atomic E-state index is 13.9. The molecule has 0 saturated heterocycles. The first-order valence-corrected chi connectivity index (χ1v) is 10.4. The zero-order valence-electron chi connectivity index (χ0n) is 18.2. The first-order chi connectivity index (χ1) is 15.8. The van der Waals surface area contributed by atoms with Crippen molar-refractivity contribution >= 4 is 34.3 Å². The van der Waals surface area contributed by atoms with E-state index in [1.807, 2.05) is 0 Å². The lowest BCUT2D eigenvalue weighted by atomic mass is 10.1. The van der Waals surface area contributed by atoms with Gasteiger partial charge >= 0.3 is 0 Å². The van der Waals surface area contributed by atoms with Gasteiger partial charge in [0.05, 0.1) is 11.1 Å². The molecule has 4 N–H and O–H groups in total. The van der Waals surface area contributed by atoms with Gasteiger partial charge in [-0.2, -0.15) is 4.52 Å². The number of amides is 2. The number of hydrogen-bond donors (Lipinski definition) is 2. The van der Waals surface area contributed by atoms with Crippen LogP contribution in [0.3, 0.4) is 0 Å². The van der Waals surface area contributed by atoms with Gasteiger partial charge in [0.25, 0.3) is 11.8 Å². The highest BCUT2D eigenvalue weighted by Crippen LogP contribution is 2.24. The molecule has 170 valence electrons. The lowest BCUT2D eigenvalue weighted by molar-refractivity contribution is 0.0781. The summed E-state index contributed by atoms with van der Waals surface area (Å²) in [5.41, 5.74) is 13.2. The molecule has 0 aliphatic carbocycles. The molecule has 33 heavy (non-hydrogen) atoms. The third-order valence-electron chi connectivity index (χ3n) is 5.37. The van der Waals surface area contributed by atoms with Crippen molar-refractivity contribution in [2.75, 3.05) is 19.3 Å². The average Bonchev–Trinajstić information content (AvgIpc) is 3.22. The van der Waals surface area contributed by atoms with Crippen LogP contribution < -0.4 is 11.5 Å². The van der Waals surface area contributed by atoms with Crippen LogP contribution in [0.2, 0.25) is 0 Å². The Hall–Kier alpha value is -4.15. The maximum absolute atomic E-state index is 13.9. The van der Waals surface area contributed by atoms with Crippen LogP contribution in [-0.2, 0) is 6.42 Å². The van der Waals surface area contributed by atoms with E-state index < -0.39 is 5.91 Å². The summed E-state index contributed by atoms with van der Waals surface area (Å²) in [6.07, 6.45) is 3.34. The average molecular weight is 450 g/mol. The number of aryl methyl sites for hydroxylation is 2. The predicted molar refractivity (Wildman–Crippen MR) is 120 cm³/mol. The number of nitrogens with two attached hydrogens (primary N) is 2. The van der Waals surface area contributed by atoms with E-state index in [9.17, 15) is 14.0 Å². The van der Waals surface area contributed by atoms with Gasteiger partial charge in [-0.3, -0.25) is 14.6 Å². The predicted octanol–water partition coefficient (Wildman–Crippen LogP) is 1.90. The summed E-state index contributed by atoms with van der Waals surface area (Å²) in [6, 6.07) is 5.81. The molecule has 0 aliphatic heterocycles. The smallest absolute Gasteiger partial charge is 0.273 e. The highest BCUT2D eigenvalue weighted by molar-refractivity contribution is 6.05. The third-order valence-corrected chi connectivity index (χ3v) is 5.37. The van der Waals surface area contributed by atoms with Gasteiger partial charge in [-0.05, 0) is 49.6 Å². The molecule has 4 rings (SSSR count). The number of nitrogen functional groups attached to an aromatic ring is 1. The summed E-state index contributed by atoms with van der Waals surface area (Å²) in [5, 5.41) is 4.95. The fourth-order valence-electron chi connectivity index (χ4n) is 3.70. The number of aromatic nitrogens is 5. The third kappa shape index (κ3) is 4.29. The van der Waals surface area contributed by atoms with Gasteiger partial charge in [-0.15, -0.1) is 5.10 Å². The zero-order chi connectivity index (χ0) is 23.7. The molecule has 0 fully saturated rings. The minimum absolute atomic E-state index is 0.0342. The number of pyridine rings is 1. The number of hydrogen-bond acceptors (Lipinski definition) is 7. The zero-order valence-corrected chi connectivity index (χ0v) is 18.2. The van der Waals surface area contributed by atoms with Crippen LogP contribution in [0.5, 0.6) is 0 Å². The summed E-state index contributed by atoms with van der Waals surface area (Å²) >= 11 is 0. The van der Waals surface area contributed by atoms with Gasteiger partial charge in [-0.25, -0.2) is 14.4 Å². The largest absolute Gasteiger partial charge is 0.368 e. The van der Waals surface area contributed by atoms with Crippen molar-refractivity contribution in [2.45, 2.75) is 26.2 Å². The molecular formula is C22H23FN8O2. The van der Waals surface area contributed by atoms with E-state index in [-0.39, 0.29) is 28.9 Å². The minimum Gasteiger partial charge on any atom is -0.368 e. The molecule has 0 atom stereocenters. The molecule has 0 unspecified atom stereocenters. The van der Waals surface area contributed by atoms with Crippen molar-refractivity contribution < 1.29 is 14.0 Å². The van der Waals surface area contributed by atoms with E-state index in [1.165, 1.54) is 33.8 Å². The highest BCUT2D eigenvalue weighted by Gasteiger charge is 2.20. The van der Waals surface area contributed by atoms with E-state index >= 15 is 0 Å². The SMILES string of the molecule is Cc1cc(F)cc2c1nc(N)n1nc(CCCCN(C)C(=O)c3ncccc3C(N)=O)nc21. The van der Waals surface area contributed by atoms with Gasteiger partial charge in [0.2, 0.25) is 5.95 Å².